The number of pyridine rings is 2. The van der Waals surface area contributed by atoms with Gasteiger partial charge in [0.2, 0.25) is 0 Å². The molecule has 5 rings (SSSR count). The molecule has 0 saturated heterocycles. The van der Waals surface area contributed by atoms with Crippen LogP contribution in [0.3, 0.4) is 0 Å². The van der Waals surface area contributed by atoms with Crippen LogP contribution in [0.1, 0.15) is 15.9 Å². The minimum atomic E-state index is -0.147. The zero-order chi connectivity index (χ0) is 21.4. The molecule has 154 valence electrons. The third-order valence-corrected chi connectivity index (χ3v) is 5.29. The average Bonchev–Trinajstić information content (AvgIpc) is 3.41. The van der Waals surface area contributed by atoms with E-state index in [9.17, 15) is 4.79 Å². The smallest absolute Gasteiger partial charge is 0.253 e. The summed E-state index contributed by atoms with van der Waals surface area (Å²) in [5, 5.41) is 7.08. The molecule has 0 aliphatic rings. The molecule has 4 heterocycles. The van der Waals surface area contributed by atoms with Gasteiger partial charge in [-0.15, -0.1) is 0 Å². The molecule has 4 aromatic heterocycles. The number of anilines is 1. The SMILES string of the molecule is CNc1nc2[nH]c(-c3cccc(CNC(=O)c4cccnc4)c3)cc2c2c1ncn2C. The van der Waals surface area contributed by atoms with Gasteiger partial charge in [0.15, 0.2) is 5.82 Å². The predicted octanol–water partition coefficient (Wildman–Crippen LogP) is 3.48. The van der Waals surface area contributed by atoms with E-state index < -0.39 is 0 Å². The number of nitrogens with zero attached hydrogens (tertiary/aromatic N) is 4. The molecule has 0 aliphatic carbocycles. The highest BCUT2D eigenvalue weighted by Crippen LogP contribution is 2.31. The molecule has 0 fully saturated rings. The molecule has 0 spiro atoms. The van der Waals surface area contributed by atoms with Crippen LogP contribution in [0.2, 0.25) is 0 Å². The van der Waals surface area contributed by atoms with Gasteiger partial charge in [-0.05, 0) is 35.4 Å². The molecule has 3 N–H and O–H groups in total. The third kappa shape index (κ3) is 3.38. The third-order valence-electron chi connectivity index (χ3n) is 5.29. The lowest BCUT2D eigenvalue weighted by atomic mass is 10.1. The van der Waals surface area contributed by atoms with Crippen LogP contribution < -0.4 is 10.6 Å². The average molecular weight is 411 g/mol. The highest BCUT2D eigenvalue weighted by atomic mass is 16.1. The second-order valence-corrected chi connectivity index (χ2v) is 7.33. The Balaban J connectivity index is 1.46. The zero-order valence-electron chi connectivity index (χ0n) is 17.2. The Bertz CT molecular complexity index is 1400. The lowest BCUT2D eigenvalue weighted by Gasteiger charge is -2.07. The standard InChI is InChI=1S/C23H21N7O/c1-24-22-19-20(30(2)13-27-19)17-10-18(28-21(17)29-22)15-6-3-5-14(9-15)11-26-23(31)16-7-4-8-25-12-16/h3-10,12-13H,11H2,1-2H3,(H,26,31)(H2,24,28,29). The Kier molecular flexibility index (Phi) is 4.59. The van der Waals surface area contributed by atoms with Crippen molar-refractivity contribution in [3.05, 3.63) is 72.3 Å². The fourth-order valence-corrected chi connectivity index (χ4v) is 3.76. The van der Waals surface area contributed by atoms with Crippen molar-refractivity contribution in [3.63, 3.8) is 0 Å². The molecule has 31 heavy (non-hydrogen) atoms. The van der Waals surface area contributed by atoms with E-state index in [4.69, 9.17) is 4.98 Å². The second kappa shape index (κ2) is 7.56. The molecule has 0 bridgehead atoms. The summed E-state index contributed by atoms with van der Waals surface area (Å²) in [7, 11) is 3.82. The number of benzene rings is 1. The van der Waals surface area contributed by atoms with E-state index in [-0.39, 0.29) is 5.91 Å². The molecule has 1 aromatic carbocycles. The number of hydrogen-bond acceptors (Lipinski definition) is 5. The van der Waals surface area contributed by atoms with E-state index in [1.807, 2.05) is 36.9 Å². The van der Waals surface area contributed by atoms with E-state index in [0.717, 1.165) is 44.7 Å². The molecule has 5 aromatic rings. The maximum atomic E-state index is 12.3. The second-order valence-electron chi connectivity index (χ2n) is 7.33. The fourth-order valence-electron chi connectivity index (χ4n) is 3.76. The summed E-state index contributed by atoms with van der Waals surface area (Å²) in [6, 6.07) is 13.7. The zero-order valence-corrected chi connectivity index (χ0v) is 17.2. The summed E-state index contributed by atoms with van der Waals surface area (Å²) in [6.07, 6.45) is 5.00. The minimum Gasteiger partial charge on any atom is -0.371 e. The number of nitrogens with one attached hydrogen (secondary N) is 3. The molecule has 0 saturated carbocycles. The number of carbonyl (C=O) groups excluding carboxylic acids is 1. The van der Waals surface area contributed by atoms with Gasteiger partial charge >= 0.3 is 0 Å². The van der Waals surface area contributed by atoms with Crippen LogP contribution >= 0.6 is 0 Å². The van der Waals surface area contributed by atoms with Gasteiger partial charge in [-0.1, -0.05) is 18.2 Å². The van der Waals surface area contributed by atoms with Crippen molar-refractivity contribution < 1.29 is 4.79 Å². The Morgan fingerprint density at radius 2 is 2.10 bits per heavy atom. The lowest BCUT2D eigenvalue weighted by molar-refractivity contribution is 0.0950. The van der Waals surface area contributed by atoms with E-state index in [1.54, 1.807) is 30.9 Å². The van der Waals surface area contributed by atoms with Crippen LogP contribution in [0.15, 0.2) is 61.2 Å². The number of fused-ring (bicyclic) bond motifs is 3. The first-order valence-corrected chi connectivity index (χ1v) is 9.93. The monoisotopic (exact) mass is 411 g/mol. The summed E-state index contributed by atoms with van der Waals surface area (Å²) in [5.41, 5.74) is 6.19. The van der Waals surface area contributed by atoms with Crippen molar-refractivity contribution in [2.45, 2.75) is 6.54 Å². The molecule has 0 radical (unpaired) electrons. The highest BCUT2D eigenvalue weighted by molar-refractivity contribution is 6.07. The van der Waals surface area contributed by atoms with Crippen molar-refractivity contribution in [1.82, 2.24) is 29.8 Å². The summed E-state index contributed by atoms with van der Waals surface area (Å²) < 4.78 is 2.00. The first-order valence-electron chi connectivity index (χ1n) is 9.93. The van der Waals surface area contributed by atoms with Crippen molar-refractivity contribution in [2.24, 2.45) is 7.05 Å². The van der Waals surface area contributed by atoms with Crippen LogP contribution in [-0.4, -0.2) is 37.5 Å². The molecule has 0 unspecified atom stereocenters. The maximum Gasteiger partial charge on any atom is 0.253 e. The van der Waals surface area contributed by atoms with E-state index >= 15 is 0 Å². The van der Waals surface area contributed by atoms with Crippen LogP contribution in [0.4, 0.5) is 5.82 Å². The number of imidazole rings is 1. The number of H-pyrrole nitrogens is 1. The first-order chi connectivity index (χ1) is 15.1. The lowest BCUT2D eigenvalue weighted by Crippen LogP contribution is -2.22. The summed E-state index contributed by atoms with van der Waals surface area (Å²) >= 11 is 0. The summed E-state index contributed by atoms with van der Waals surface area (Å²) in [4.78, 5) is 28.9. The number of aromatic nitrogens is 5. The van der Waals surface area contributed by atoms with Gasteiger partial charge in [-0.3, -0.25) is 9.78 Å². The molecule has 1 amide bonds. The molecule has 8 nitrogen and oxygen atoms in total. The Morgan fingerprint density at radius 3 is 2.90 bits per heavy atom. The predicted molar refractivity (Wildman–Crippen MR) is 121 cm³/mol. The normalized spacial score (nSPS) is 11.2. The van der Waals surface area contributed by atoms with Crippen LogP contribution in [-0.2, 0) is 13.6 Å². The maximum absolute atomic E-state index is 12.3. The number of aryl methyl sites for hydroxylation is 1. The topological polar surface area (TPSA) is 101 Å². The molecular formula is C23H21N7O. The minimum absolute atomic E-state index is 0.147. The molecular weight excluding hydrogens is 390 g/mol. The van der Waals surface area contributed by atoms with Crippen LogP contribution in [0.25, 0.3) is 33.3 Å². The van der Waals surface area contributed by atoms with E-state index in [1.165, 1.54) is 0 Å². The van der Waals surface area contributed by atoms with Crippen LogP contribution in [0, 0.1) is 0 Å². The molecule has 0 atom stereocenters. The Hall–Kier alpha value is -4.20. The van der Waals surface area contributed by atoms with Gasteiger partial charge in [0.25, 0.3) is 5.91 Å². The largest absolute Gasteiger partial charge is 0.371 e. The first kappa shape index (κ1) is 18.8. The van der Waals surface area contributed by atoms with Gasteiger partial charge in [-0.25, -0.2) is 9.97 Å². The van der Waals surface area contributed by atoms with E-state index in [2.05, 4.69) is 37.7 Å². The van der Waals surface area contributed by atoms with Gasteiger partial charge in [0.1, 0.15) is 11.2 Å². The number of hydrogen-bond donors (Lipinski definition) is 3. The number of carbonyl (C=O) groups is 1. The quantitative estimate of drug-likeness (QED) is 0.411. The summed E-state index contributed by atoms with van der Waals surface area (Å²) in [5.74, 6) is 0.592. The van der Waals surface area contributed by atoms with E-state index in [0.29, 0.717) is 12.1 Å². The van der Waals surface area contributed by atoms with Crippen molar-refractivity contribution in [3.8, 4) is 11.3 Å². The summed E-state index contributed by atoms with van der Waals surface area (Å²) in [6.45, 7) is 0.427. The van der Waals surface area contributed by atoms with Gasteiger partial charge in [0, 0.05) is 44.1 Å². The Morgan fingerprint density at radius 1 is 1.19 bits per heavy atom. The van der Waals surface area contributed by atoms with Gasteiger partial charge in [-0.2, -0.15) is 0 Å². The van der Waals surface area contributed by atoms with Gasteiger partial charge < -0.3 is 20.2 Å². The number of amides is 1. The fraction of sp³-hybridized carbons (Fsp3) is 0.130. The van der Waals surface area contributed by atoms with Crippen molar-refractivity contribution in [1.29, 1.82) is 0 Å². The number of aromatic amines is 1. The highest BCUT2D eigenvalue weighted by Gasteiger charge is 2.15. The molecule has 0 aliphatic heterocycles. The van der Waals surface area contributed by atoms with Crippen LogP contribution in [0.5, 0.6) is 0 Å². The van der Waals surface area contributed by atoms with Crippen molar-refractivity contribution in [2.75, 3.05) is 12.4 Å². The Labute approximate surface area is 178 Å². The number of rotatable bonds is 5. The van der Waals surface area contributed by atoms with Crippen molar-refractivity contribution >= 4 is 33.8 Å². The van der Waals surface area contributed by atoms with Gasteiger partial charge in [0.05, 0.1) is 17.4 Å². The molecule has 8 heteroatoms.